The number of anilines is 1. The van der Waals surface area contributed by atoms with E-state index in [4.69, 9.17) is 4.42 Å². The summed E-state index contributed by atoms with van der Waals surface area (Å²) in [6, 6.07) is 10.2. The number of fused-ring (bicyclic) bond motifs is 1. The highest BCUT2D eigenvalue weighted by Gasteiger charge is 2.16. The molecule has 0 aliphatic rings. The van der Waals surface area contributed by atoms with Crippen LogP contribution in [0.15, 0.2) is 45.6 Å². The lowest BCUT2D eigenvalue weighted by atomic mass is 10.0. The van der Waals surface area contributed by atoms with Gasteiger partial charge in [0.1, 0.15) is 5.58 Å². The fraction of sp³-hybridized carbons (Fsp3) is 0.238. The second-order valence-corrected chi connectivity index (χ2v) is 6.75. The summed E-state index contributed by atoms with van der Waals surface area (Å²) in [7, 11) is 0. The molecule has 1 N–H and O–H groups in total. The number of carbonyl (C=O) groups is 1. The van der Waals surface area contributed by atoms with E-state index in [1.54, 1.807) is 13.0 Å². The van der Waals surface area contributed by atoms with Gasteiger partial charge in [0.15, 0.2) is 0 Å². The zero-order valence-electron chi connectivity index (χ0n) is 15.9. The van der Waals surface area contributed by atoms with Crippen molar-refractivity contribution in [3.63, 3.8) is 0 Å². The van der Waals surface area contributed by atoms with Gasteiger partial charge in [0, 0.05) is 23.4 Å². The molecule has 0 saturated carbocycles. The van der Waals surface area contributed by atoms with Gasteiger partial charge in [0.05, 0.1) is 16.2 Å². The first-order chi connectivity index (χ1) is 13.3. The largest absolute Gasteiger partial charge is 0.423 e. The van der Waals surface area contributed by atoms with Gasteiger partial charge in [-0.1, -0.05) is 18.2 Å². The van der Waals surface area contributed by atoms with Crippen molar-refractivity contribution in [1.29, 1.82) is 0 Å². The van der Waals surface area contributed by atoms with Crippen molar-refractivity contribution in [2.45, 2.75) is 33.6 Å². The molecular weight excluding hydrogens is 360 g/mol. The Morgan fingerprint density at radius 3 is 2.61 bits per heavy atom. The number of aryl methyl sites for hydroxylation is 2. The van der Waals surface area contributed by atoms with Gasteiger partial charge in [-0.15, -0.1) is 0 Å². The van der Waals surface area contributed by atoms with Crippen LogP contribution in [0.3, 0.4) is 0 Å². The van der Waals surface area contributed by atoms with Crippen molar-refractivity contribution in [2.75, 3.05) is 5.32 Å². The number of nitrogens with zero attached hydrogens (tertiary/aromatic N) is 1. The number of nitro benzene ring substituents is 1. The Balaban J connectivity index is 1.79. The summed E-state index contributed by atoms with van der Waals surface area (Å²) in [6.45, 7) is 5.34. The van der Waals surface area contributed by atoms with Crippen LogP contribution in [-0.4, -0.2) is 10.8 Å². The number of nitro groups is 1. The van der Waals surface area contributed by atoms with Crippen LogP contribution >= 0.6 is 0 Å². The van der Waals surface area contributed by atoms with E-state index in [1.807, 2.05) is 32.0 Å². The van der Waals surface area contributed by atoms with Crippen molar-refractivity contribution in [1.82, 2.24) is 0 Å². The molecule has 0 bridgehead atoms. The van der Waals surface area contributed by atoms with Gasteiger partial charge < -0.3 is 9.73 Å². The zero-order valence-corrected chi connectivity index (χ0v) is 15.9. The third-order valence-corrected chi connectivity index (χ3v) is 4.82. The average molecular weight is 380 g/mol. The van der Waals surface area contributed by atoms with Crippen molar-refractivity contribution < 1.29 is 14.1 Å². The molecule has 0 aliphatic carbocycles. The number of benzene rings is 2. The Morgan fingerprint density at radius 1 is 1.14 bits per heavy atom. The first kappa shape index (κ1) is 19.3. The maximum absolute atomic E-state index is 12.3. The topological polar surface area (TPSA) is 102 Å². The van der Waals surface area contributed by atoms with Gasteiger partial charge >= 0.3 is 5.63 Å². The molecule has 0 aliphatic heterocycles. The van der Waals surface area contributed by atoms with Crippen molar-refractivity contribution in [2.24, 2.45) is 0 Å². The van der Waals surface area contributed by atoms with Gasteiger partial charge in [0.25, 0.3) is 5.69 Å². The van der Waals surface area contributed by atoms with E-state index in [2.05, 4.69) is 5.32 Å². The van der Waals surface area contributed by atoms with E-state index < -0.39 is 10.5 Å². The van der Waals surface area contributed by atoms with E-state index in [9.17, 15) is 19.7 Å². The second kappa shape index (κ2) is 7.64. The highest BCUT2D eigenvalue weighted by atomic mass is 16.6. The Labute approximate surface area is 161 Å². The highest BCUT2D eigenvalue weighted by Crippen LogP contribution is 2.25. The Morgan fingerprint density at radius 2 is 1.89 bits per heavy atom. The lowest BCUT2D eigenvalue weighted by Gasteiger charge is -2.10. The number of carbonyl (C=O) groups excluding carboxylic acids is 1. The van der Waals surface area contributed by atoms with Crippen LogP contribution in [0.5, 0.6) is 0 Å². The van der Waals surface area contributed by atoms with Gasteiger partial charge in [-0.05, 0) is 50.5 Å². The van der Waals surface area contributed by atoms with Crippen LogP contribution in [0.25, 0.3) is 11.0 Å². The van der Waals surface area contributed by atoms with E-state index in [1.165, 1.54) is 12.1 Å². The maximum Gasteiger partial charge on any atom is 0.339 e. The molecule has 1 amide bonds. The minimum Gasteiger partial charge on any atom is -0.423 e. The van der Waals surface area contributed by atoms with Crippen molar-refractivity contribution >= 4 is 28.3 Å². The van der Waals surface area contributed by atoms with Gasteiger partial charge in [0.2, 0.25) is 5.91 Å². The summed E-state index contributed by atoms with van der Waals surface area (Å²) < 4.78 is 5.40. The van der Waals surface area contributed by atoms with Crippen LogP contribution < -0.4 is 10.9 Å². The fourth-order valence-corrected chi connectivity index (χ4v) is 3.20. The molecule has 1 heterocycles. The maximum atomic E-state index is 12.3. The zero-order chi connectivity index (χ0) is 20.4. The third kappa shape index (κ3) is 3.78. The molecular formula is C21H20N2O5. The van der Waals surface area contributed by atoms with Gasteiger partial charge in [-0.2, -0.15) is 0 Å². The monoisotopic (exact) mass is 380 g/mol. The molecule has 7 heteroatoms. The summed E-state index contributed by atoms with van der Waals surface area (Å²) in [5, 5.41) is 14.5. The summed E-state index contributed by atoms with van der Waals surface area (Å²) in [4.78, 5) is 35.2. The minimum atomic E-state index is -0.490. The molecule has 3 rings (SSSR count). The van der Waals surface area contributed by atoms with Crippen LogP contribution in [0.2, 0.25) is 0 Å². The van der Waals surface area contributed by atoms with E-state index in [0.29, 0.717) is 22.4 Å². The smallest absolute Gasteiger partial charge is 0.339 e. The number of hydrogen-bond acceptors (Lipinski definition) is 5. The average Bonchev–Trinajstić information content (AvgIpc) is 2.62. The molecule has 0 fully saturated rings. The Kier molecular flexibility index (Phi) is 5.26. The first-order valence-electron chi connectivity index (χ1n) is 8.84. The summed E-state index contributed by atoms with van der Waals surface area (Å²) in [5.74, 6) is -0.327. The molecule has 2 aromatic carbocycles. The van der Waals surface area contributed by atoms with Crippen molar-refractivity contribution in [3.05, 3.63) is 79.2 Å². The van der Waals surface area contributed by atoms with Gasteiger partial charge in [-0.3, -0.25) is 14.9 Å². The third-order valence-electron chi connectivity index (χ3n) is 4.82. The molecule has 144 valence electrons. The van der Waals surface area contributed by atoms with Crippen LogP contribution in [0.4, 0.5) is 11.4 Å². The van der Waals surface area contributed by atoms with Crippen LogP contribution in [0.1, 0.15) is 28.7 Å². The molecule has 0 spiro atoms. The fourth-order valence-electron chi connectivity index (χ4n) is 3.20. The number of hydrogen-bond donors (Lipinski definition) is 1. The lowest BCUT2D eigenvalue weighted by molar-refractivity contribution is -0.385. The first-order valence-corrected chi connectivity index (χ1v) is 8.84. The van der Waals surface area contributed by atoms with Crippen LogP contribution in [0, 0.1) is 30.9 Å². The molecule has 0 unspecified atom stereocenters. The normalized spacial score (nSPS) is 10.8. The van der Waals surface area contributed by atoms with Crippen LogP contribution in [-0.2, 0) is 11.2 Å². The van der Waals surface area contributed by atoms with E-state index in [0.717, 1.165) is 16.5 Å². The summed E-state index contributed by atoms with van der Waals surface area (Å²) >= 11 is 0. The minimum absolute atomic E-state index is 0.0564. The van der Waals surface area contributed by atoms with E-state index in [-0.39, 0.29) is 24.4 Å². The summed E-state index contributed by atoms with van der Waals surface area (Å²) in [6.07, 6.45) is 0.281. The van der Waals surface area contributed by atoms with Crippen molar-refractivity contribution in [3.8, 4) is 0 Å². The molecule has 0 atom stereocenters. The quantitative estimate of drug-likeness (QED) is 0.406. The Hall–Kier alpha value is -3.48. The second-order valence-electron chi connectivity index (χ2n) is 6.75. The standard InChI is InChI=1S/C21H20N2O5/c1-12-7-8-15-13(2)16(21(25)28-19(15)11-12)9-10-20(24)22-17-5-4-6-18(14(17)3)23(26)27/h4-8,11H,9-10H2,1-3H3,(H,22,24). The number of nitrogens with one attached hydrogen (secondary N) is 1. The Bertz CT molecular complexity index is 1150. The van der Waals surface area contributed by atoms with E-state index >= 15 is 0 Å². The molecule has 3 aromatic rings. The SMILES string of the molecule is Cc1ccc2c(C)c(CCC(=O)Nc3cccc([N+](=O)[O-])c3C)c(=O)oc2c1. The lowest BCUT2D eigenvalue weighted by Crippen LogP contribution is -2.17. The van der Waals surface area contributed by atoms with Gasteiger partial charge in [-0.25, -0.2) is 4.79 Å². The molecule has 7 nitrogen and oxygen atoms in total. The predicted molar refractivity (Wildman–Crippen MR) is 107 cm³/mol. The molecule has 0 radical (unpaired) electrons. The predicted octanol–water partition coefficient (Wildman–Crippen LogP) is 4.20. The molecule has 0 saturated heterocycles. The number of rotatable bonds is 5. The number of amides is 1. The summed E-state index contributed by atoms with van der Waals surface area (Å²) in [5.41, 5.74) is 3.05. The molecule has 28 heavy (non-hydrogen) atoms. The highest BCUT2D eigenvalue weighted by molar-refractivity contribution is 5.92. The molecule has 1 aromatic heterocycles.